The molecular formula is C11H24N2O2S. The maximum absolute atomic E-state index is 5.38. The topological polar surface area (TPSA) is 42.5 Å². The van der Waals surface area contributed by atoms with Crippen LogP contribution in [0.2, 0.25) is 0 Å². The van der Waals surface area contributed by atoms with Crippen LogP contribution < -0.4 is 10.6 Å². The Morgan fingerprint density at radius 3 is 2.62 bits per heavy atom. The summed E-state index contributed by atoms with van der Waals surface area (Å²) in [6, 6.07) is 0. The molecule has 0 aliphatic heterocycles. The highest BCUT2D eigenvalue weighted by Crippen LogP contribution is 1.87. The van der Waals surface area contributed by atoms with E-state index in [1.807, 2.05) is 20.8 Å². The SMILES string of the molecule is CCOCCCNC(=S)NCC(C)OCC. The Morgan fingerprint density at radius 2 is 2.00 bits per heavy atom. The van der Waals surface area contributed by atoms with E-state index in [9.17, 15) is 0 Å². The van der Waals surface area contributed by atoms with Crippen molar-refractivity contribution in [2.24, 2.45) is 0 Å². The van der Waals surface area contributed by atoms with E-state index >= 15 is 0 Å². The molecule has 0 aromatic rings. The van der Waals surface area contributed by atoms with Crippen LogP contribution in [0.5, 0.6) is 0 Å². The first kappa shape index (κ1) is 15.6. The molecule has 0 aliphatic carbocycles. The lowest BCUT2D eigenvalue weighted by molar-refractivity contribution is 0.0794. The van der Waals surface area contributed by atoms with Gasteiger partial charge in [0.15, 0.2) is 5.11 Å². The number of ether oxygens (including phenoxy) is 2. The van der Waals surface area contributed by atoms with Crippen LogP contribution in [0.1, 0.15) is 27.2 Å². The standard InChI is InChI=1S/C11H24N2O2S/c1-4-14-8-6-7-12-11(16)13-9-10(3)15-5-2/h10H,4-9H2,1-3H3,(H2,12,13,16). The van der Waals surface area contributed by atoms with Crippen molar-refractivity contribution in [3.63, 3.8) is 0 Å². The summed E-state index contributed by atoms with van der Waals surface area (Å²) >= 11 is 5.12. The number of nitrogens with one attached hydrogen (secondary N) is 2. The first-order chi connectivity index (χ1) is 7.70. The van der Waals surface area contributed by atoms with Crippen LogP contribution in [0.25, 0.3) is 0 Å². The van der Waals surface area contributed by atoms with Gasteiger partial charge in [0.1, 0.15) is 0 Å². The molecule has 0 rings (SSSR count). The van der Waals surface area contributed by atoms with Crippen LogP contribution in [0.3, 0.4) is 0 Å². The Bertz CT molecular complexity index is 179. The molecule has 0 spiro atoms. The molecule has 0 saturated heterocycles. The molecule has 0 amide bonds. The minimum atomic E-state index is 0.188. The fourth-order valence-corrected chi connectivity index (χ4v) is 1.35. The van der Waals surface area contributed by atoms with Gasteiger partial charge >= 0.3 is 0 Å². The number of rotatable bonds is 9. The van der Waals surface area contributed by atoms with E-state index in [0.29, 0.717) is 5.11 Å². The maximum Gasteiger partial charge on any atom is 0.166 e. The Balaban J connectivity index is 3.30. The molecule has 16 heavy (non-hydrogen) atoms. The van der Waals surface area contributed by atoms with Crippen LogP contribution in [0.4, 0.5) is 0 Å². The van der Waals surface area contributed by atoms with Gasteiger partial charge in [0.25, 0.3) is 0 Å². The third-order valence-corrected chi connectivity index (χ3v) is 2.25. The molecular weight excluding hydrogens is 224 g/mol. The molecule has 96 valence electrons. The van der Waals surface area contributed by atoms with E-state index in [0.717, 1.165) is 39.3 Å². The summed E-state index contributed by atoms with van der Waals surface area (Å²) in [6.45, 7) is 9.87. The summed E-state index contributed by atoms with van der Waals surface area (Å²) in [6.07, 6.45) is 1.16. The highest BCUT2D eigenvalue weighted by atomic mass is 32.1. The summed E-state index contributed by atoms with van der Waals surface area (Å²) in [5.41, 5.74) is 0. The molecule has 0 saturated carbocycles. The Morgan fingerprint density at radius 1 is 1.25 bits per heavy atom. The predicted molar refractivity (Wildman–Crippen MR) is 70.8 cm³/mol. The Labute approximate surface area is 104 Å². The van der Waals surface area contributed by atoms with Crippen molar-refractivity contribution in [3.8, 4) is 0 Å². The number of thiocarbonyl (C=S) groups is 1. The second-order valence-electron chi connectivity index (χ2n) is 3.45. The molecule has 0 aromatic heterocycles. The van der Waals surface area contributed by atoms with Crippen molar-refractivity contribution in [1.82, 2.24) is 10.6 Å². The first-order valence-electron chi connectivity index (χ1n) is 5.91. The van der Waals surface area contributed by atoms with Crippen LogP contribution in [0, 0.1) is 0 Å². The minimum absolute atomic E-state index is 0.188. The first-order valence-corrected chi connectivity index (χ1v) is 6.32. The van der Waals surface area contributed by atoms with Gasteiger partial charge in [0, 0.05) is 32.9 Å². The van der Waals surface area contributed by atoms with E-state index in [2.05, 4.69) is 10.6 Å². The zero-order valence-corrected chi connectivity index (χ0v) is 11.4. The average Bonchev–Trinajstić information content (AvgIpc) is 2.26. The maximum atomic E-state index is 5.38. The summed E-state index contributed by atoms with van der Waals surface area (Å²) < 4.78 is 10.6. The van der Waals surface area contributed by atoms with Crippen LogP contribution in [-0.2, 0) is 9.47 Å². The van der Waals surface area contributed by atoms with Gasteiger partial charge in [-0.3, -0.25) is 0 Å². The average molecular weight is 248 g/mol. The molecule has 0 heterocycles. The van der Waals surface area contributed by atoms with E-state index < -0.39 is 0 Å². The smallest absolute Gasteiger partial charge is 0.166 e. The van der Waals surface area contributed by atoms with Gasteiger partial charge in [-0.05, 0) is 39.4 Å². The normalized spacial score (nSPS) is 12.2. The minimum Gasteiger partial charge on any atom is -0.382 e. The fourth-order valence-electron chi connectivity index (χ4n) is 1.16. The molecule has 5 heteroatoms. The van der Waals surface area contributed by atoms with Gasteiger partial charge < -0.3 is 20.1 Å². The van der Waals surface area contributed by atoms with E-state index in [4.69, 9.17) is 21.7 Å². The second-order valence-corrected chi connectivity index (χ2v) is 3.86. The highest BCUT2D eigenvalue weighted by Gasteiger charge is 2.01. The number of hydrogen-bond donors (Lipinski definition) is 2. The van der Waals surface area contributed by atoms with Gasteiger partial charge in [0.2, 0.25) is 0 Å². The van der Waals surface area contributed by atoms with Crippen molar-refractivity contribution in [2.75, 3.05) is 32.9 Å². The highest BCUT2D eigenvalue weighted by molar-refractivity contribution is 7.80. The second kappa shape index (κ2) is 11.1. The molecule has 1 atom stereocenters. The fraction of sp³-hybridized carbons (Fsp3) is 0.909. The quantitative estimate of drug-likeness (QED) is 0.475. The van der Waals surface area contributed by atoms with Crippen LogP contribution >= 0.6 is 12.2 Å². The van der Waals surface area contributed by atoms with Crippen molar-refractivity contribution in [1.29, 1.82) is 0 Å². The molecule has 0 bridgehead atoms. The summed E-state index contributed by atoms with van der Waals surface area (Å²) in [5, 5.41) is 6.92. The Hall–Kier alpha value is -0.390. The summed E-state index contributed by atoms with van der Waals surface area (Å²) in [5.74, 6) is 0. The molecule has 0 aromatic carbocycles. The lowest BCUT2D eigenvalue weighted by atomic mass is 10.4. The lowest BCUT2D eigenvalue weighted by Crippen LogP contribution is -2.40. The van der Waals surface area contributed by atoms with Crippen LogP contribution in [-0.4, -0.2) is 44.1 Å². The van der Waals surface area contributed by atoms with Gasteiger partial charge in [0.05, 0.1) is 6.10 Å². The van der Waals surface area contributed by atoms with Gasteiger partial charge in [-0.25, -0.2) is 0 Å². The van der Waals surface area contributed by atoms with E-state index in [-0.39, 0.29) is 6.10 Å². The summed E-state index contributed by atoms with van der Waals surface area (Å²) in [7, 11) is 0. The predicted octanol–water partition coefficient (Wildman–Crippen LogP) is 1.30. The van der Waals surface area contributed by atoms with Gasteiger partial charge in [-0.15, -0.1) is 0 Å². The van der Waals surface area contributed by atoms with E-state index in [1.54, 1.807) is 0 Å². The van der Waals surface area contributed by atoms with E-state index in [1.165, 1.54) is 0 Å². The third-order valence-electron chi connectivity index (χ3n) is 1.96. The van der Waals surface area contributed by atoms with Gasteiger partial charge in [-0.1, -0.05) is 0 Å². The molecule has 0 aliphatic rings. The van der Waals surface area contributed by atoms with Gasteiger partial charge in [-0.2, -0.15) is 0 Å². The zero-order chi connectivity index (χ0) is 12.2. The molecule has 1 unspecified atom stereocenters. The molecule has 0 radical (unpaired) electrons. The van der Waals surface area contributed by atoms with Crippen LogP contribution in [0.15, 0.2) is 0 Å². The molecule has 4 nitrogen and oxygen atoms in total. The van der Waals surface area contributed by atoms with Crippen molar-refractivity contribution in [2.45, 2.75) is 33.3 Å². The number of hydrogen-bond acceptors (Lipinski definition) is 3. The van der Waals surface area contributed by atoms with Crippen molar-refractivity contribution >= 4 is 17.3 Å². The zero-order valence-electron chi connectivity index (χ0n) is 10.5. The monoisotopic (exact) mass is 248 g/mol. The van der Waals surface area contributed by atoms with Crippen molar-refractivity contribution < 1.29 is 9.47 Å². The summed E-state index contributed by atoms with van der Waals surface area (Å²) in [4.78, 5) is 0. The largest absolute Gasteiger partial charge is 0.382 e. The molecule has 2 N–H and O–H groups in total. The Kier molecular flexibility index (Phi) is 10.8. The molecule has 0 fully saturated rings. The van der Waals surface area contributed by atoms with Crippen molar-refractivity contribution in [3.05, 3.63) is 0 Å². The third kappa shape index (κ3) is 10.1. The lowest BCUT2D eigenvalue weighted by Gasteiger charge is -2.15.